The highest BCUT2D eigenvalue weighted by atomic mass is 16.5. The number of fused-ring (bicyclic) bond motifs is 1. The van der Waals surface area contributed by atoms with Crippen LogP contribution in [0.5, 0.6) is 5.75 Å². The lowest BCUT2D eigenvalue weighted by molar-refractivity contribution is 0.1000. The van der Waals surface area contributed by atoms with Crippen molar-refractivity contribution in [2.75, 3.05) is 13.1 Å². The maximum absolute atomic E-state index is 11.1. The lowest BCUT2D eigenvalue weighted by Gasteiger charge is -2.36. The fraction of sp³-hybridized carbons (Fsp3) is 0.333. The zero-order valence-corrected chi connectivity index (χ0v) is 18.3. The highest BCUT2D eigenvalue weighted by molar-refractivity contribution is 5.92. The molecule has 3 aromatic rings. The molecule has 1 fully saturated rings. The van der Waals surface area contributed by atoms with Gasteiger partial charge in [-0.1, -0.05) is 36.8 Å². The summed E-state index contributed by atoms with van der Waals surface area (Å²) in [5, 5.41) is 0. The minimum Gasteiger partial charge on any atom is -0.487 e. The molecule has 0 unspecified atom stereocenters. The molecule has 1 amide bonds. The van der Waals surface area contributed by atoms with Gasteiger partial charge in [0, 0.05) is 25.3 Å². The first-order chi connectivity index (χ1) is 15.7. The summed E-state index contributed by atoms with van der Waals surface area (Å²) in [6.07, 6.45) is 7.94. The van der Waals surface area contributed by atoms with Gasteiger partial charge >= 0.3 is 0 Å². The van der Waals surface area contributed by atoms with Gasteiger partial charge in [0.1, 0.15) is 12.4 Å². The van der Waals surface area contributed by atoms with Gasteiger partial charge in [0.15, 0.2) is 0 Å². The predicted molar refractivity (Wildman–Crippen MR) is 126 cm³/mol. The van der Waals surface area contributed by atoms with Gasteiger partial charge in [-0.3, -0.25) is 14.7 Å². The van der Waals surface area contributed by atoms with E-state index in [1.807, 2.05) is 12.1 Å². The van der Waals surface area contributed by atoms with Crippen molar-refractivity contribution >= 4 is 5.91 Å². The average molecular weight is 428 g/mol. The number of rotatable bonds is 6. The summed E-state index contributed by atoms with van der Waals surface area (Å²) in [7, 11) is 0. The van der Waals surface area contributed by atoms with E-state index in [0.717, 1.165) is 30.3 Å². The van der Waals surface area contributed by atoms with Gasteiger partial charge in [-0.2, -0.15) is 0 Å². The van der Waals surface area contributed by atoms with E-state index in [2.05, 4.69) is 40.2 Å². The minimum absolute atomic E-state index is 0.342. The summed E-state index contributed by atoms with van der Waals surface area (Å²) in [5.41, 5.74) is 11.9. The number of benzene rings is 2. The second kappa shape index (κ2) is 9.13. The summed E-state index contributed by atoms with van der Waals surface area (Å²) >= 11 is 0. The first-order valence-electron chi connectivity index (χ1n) is 11.5. The highest BCUT2D eigenvalue weighted by Crippen LogP contribution is 2.30. The van der Waals surface area contributed by atoms with Crippen molar-refractivity contribution in [3.05, 3.63) is 83.2 Å². The van der Waals surface area contributed by atoms with Crippen LogP contribution in [0.3, 0.4) is 0 Å². The molecule has 2 aromatic carbocycles. The number of nitrogens with two attached hydrogens (primary N) is 1. The summed E-state index contributed by atoms with van der Waals surface area (Å²) < 4.78 is 5.86. The normalized spacial score (nSPS) is 16.6. The number of amides is 1. The molecule has 0 radical (unpaired) electrons. The van der Waals surface area contributed by atoms with Crippen LogP contribution < -0.4 is 10.5 Å². The van der Waals surface area contributed by atoms with Gasteiger partial charge in [0.2, 0.25) is 5.91 Å². The van der Waals surface area contributed by atoms with E-state index < -0.39 is 5.91 Å². The minimum atomic E-state index is -0.478. The van der Waals surface area contributed by atoms with Gasteiger partial charge in [0.25, 0.3) is 0 Å². The monoisotopic (exact) mass is 427 g/mol. The van der Waals surface area contributed by atoms with Crippen LogP contribution in [0.15, 0.2) is 60.8 Å². The lowest BCUT2D eigenvalue weighted by Crippen LogP contribution is -2.41. The van der Waals surface area contributed by atoms with Crippen LogP contribution in [0.2, 0.25) is 0 Å². The van der Waals surface area contributed by atoms with Crippen LogP contribution in [0.1, 0.15) is 46.4 Å². The number of nitrogens with zero attached hydrogens (tertiary/aromatic N) is 2. The molecule has 0 atom stereocenters. The number of pyridine rings is 1. The van der Waals surface area contributed by atoms with Gasteiger partial charge in [-0.25, -0.2) is 0 Å². The molecule has 2 aliphatic rings. The molecule has 0 saturated heterocycles. The van der Waals surface area contributed by atoms with Crippen molar-refractivity contribution in [3.63, 3.8) is 0 Å². The Kier molecular flexibility index (Phi) is 5.91. The molecular formula is C27H29N3O2. The fourth-order valence-corrected chi connectivity index (χ4v) is 4.60. The first kappa shape index (κ1) is 20.7. The van der Waals surface area contributed by atoms with Crippen molar-refractivity contribution in [2.45, 2.75) is 44.8 Å². The fourth-order valence-electron chi connectivity index (χ4n) is 4.60. The van der Waals surface area contributed by atoms with E-state index in [1.165, 1.54) is 60.8 Å². The first-order valence-corrected chi connectivity index (χ1v) is 11.5. The van der Waals surface area contributed by atoms with Crippen molar-refractivity contribution < 1.29 is 9.53 Å². The molecule has 5 heteroatoms. The molecular weight excluding hydrogens is 398 g/mol. The zero-order valence-electron chi connectivity index (χ0n) is 18.3. The third-order valence-corrected chi connectivity index (χ3v) is 6.82. The SMILES string of the molecule is NC(=O)c1ccc(COc2ccc(-c3ccc4c(c3)CCN(C3CCC3)CC4)cc2)nc1. The summed E-state index contributed by atoms with van der Waals surface area (Å²) in [6.45, 7) is 2.72. The quantitative estimate of drug-likeness (QED) is 0.634. The van der Waals surface area contributed by atoms with Crippen LogP contribution >= 0.6 is 0 Å². The molecule has 1 aliphatic carbocycles. The maximum Gasteiger partial charge on any atom is 0.250 e. The largest absolute Gasteiger partial charge is 0.487 e. The Morgan fingerprint density at radius 2 is 1.72 bits per heavy atom. The third kappa shape index (κ3) is 4.53. The van der Waals surface area contributed by atoms with E-state index in [1.54, 1.807) is 12.1 Å². The van der Waals surface area contributed by atoms with Gasteiger partial charge in [-0.15, -0.1) is 0 Å². The van der Waals surface area contributed by atoms with E-state index in [-0.39, 0.29) is 0 Å². The van der Waals surface area contributed by atoms with Crippen LogP contribution in [0, 0.1) is 0 Å². The van der Waals surface area contributed by atoms with Crippen molar-refractivity contribution in [2.24, 2.45) is 5.73 Å². The second-order valence-corrected chi connectivity index (χ2v) is 8.82. The number of ether oxygens (including phenoxy) is 1. The molecule has 1 saturated carbocycles. The molecule has 1 aromatic heterocycles. The maximum atomic E-state index is 11.1. The van der Waals surface area contributed by atoms with Gasteiger partial charge < -0.3 is 10.5 Å². The van der Waals surface area contributed by atoms with E-state index in [9.17, 15) is 4.79 Å². The molecule has 32 heavy (non-hydrogen) atoms. The summed E-state index contributed by atoms with van der Waals surface area (Å²) in [4.78, 5) is 18.1. The number of primary amides is 1. The summed E-state index contributed by atoms with van der Waals surface area (Å²) in [5.74, 6) is 0.314. The lowest BCUT2D eigenvalue weighted by atomic mass is 9.91. The molecule has 2 heterocycles. The number of carbonyl (C=O) groups excluding carboxylic acids is 1. The van der Waals surface area contributed by atoms with Crippen LogP contribution in [0.4, 0.5) is 0 Å². The predicted octanol–water partition coefficient (Wildman–Crippen LogP) is 4.38. The standard InChI is InChI=1S/C27H29N3O2/c28-27(31)23-6-9-24(29-17-23)18-32-26-10-7-19(8-11-26)21-5-4-20-12-14-30(25-2-1-3-25)15-13-22(20)16-21/h4-11,16-17,25H,1-3,12-15,18H2,(H2,28,31). The van der Waals surface area contributed by atoms with Gasteiger partial charge in [0.05, 0.1) is 11.3 Å². The molecule has 2 N–H and O–H groups in total. The third-order valence-electron chi connectivity index (χ3n) is 6.82. The van der Waals surface area contributed by atoms with Crippen molar-refractivity contribution in [3.8, 4) is 16.9 Å². The molecule has 1 aliphatic heterocycles. The Balaban J connectivity index is 1.22. The molecule has 5 rings (SSSR count). The molecule has 0 bridgehead atoms. The van der Waals surface area contributed by atoms with Crippen molar-refractivity contribution in [1.82, 2.24) is 9.88 Å². The number of aromatic nitrogens is 1. The molecule has 5 nitrogen and oxygen atoms in total. The second-order valence-electron chi connectivity index (χ2n) is 8.82. The van der Waals surface area contributed by atoms with Crippen LogP contribution in [-0.4, -0.2) is 34.9 Å². The number of hydrogen-bond acceptors (Lipinski definition) is 4. The van der Waals surface area contributed by atoms with E-state index in [0.29, 0.717) is 12.2 Å². The van der Waals surface area contributed by atoms with E-state index >= 15 is 0 Å². The van der Waals surface area contributed by atoms with Gasteiger partial charge in [-0.05, 0) is 72.2 Å². The zero-order chi connectivity index (χ0) is 21.9. The number of hydrogen-bond donors (Lipinski definition) is 1. The Morgan fingerprint density at radius 3 is 2.38 bits per heavy atom. The van der Waals surface area contributed by atoms with E-state index in [4.69, 9.17) is 10.5 Å². The number of carbonyl (C=O) groups is 1. The highest BCUT2D eigenvalue weighted by Gasteiger charge is 2.26. The molecule has 164 valence electrons. The Hall–Kier alpha value is -3.18. The van der Waals surface area contributed by atoms with Crippen LogP contribution in [0.25, 0.3) is 11.1 Å². The Morgan fingerprint density at radius 1 is 0.969 bits per heavy atom. The summed E-state index contributed by atoms with van der Waals surface area (Å²) in [6, 6.07) is 19.4. The molecule has 0 spiro atoms. The van der Waals surface area contributed by atoms with Crippen molar-refractivity contribution in [1.29, 1.82) is 0 Å². The Bertz CT molecular complexity index is 1090. The van der Waals surface area contributed by atoms with Crippen LogP contribution in [-0.2, 0) is 19.4 Å². The average Bonchev–Trinajstić information content (AvgIpc) is 2.99. The smallest absolute Gasteiger partial charge is 0.250 e. The topological polar surface area (TPSA) is 68.5 Å². The Labute approximate surface area is 189 Å².